The van der Waals surface area contributed by atoms with Gasteiger partial charge in [-0.05, 0) is 42.3 Å². The third-order valence-electron chi connectivity index (χ3n) is 4.68. The second kappa shape index (κ2) is 9.15. The zero-order chi connectivity index (χ0) is 21.8. The van der Waals surface area contributed by atoms with E-state index in [-0.39, 0.29) is 30.1 Å². The highest BCUT2D eigenvalue weighted by atomic mass is 32.2. The lowest BCUT2D eigenvalue weighted by molar-refractivity contribution is -0.137. The molecule has 0 bridgehead atoms. The summed E-state index contributed by atoms with van der Waals surface area (Å²) in [6.07, 6.45) is -4.05. The second-order valence-corrected chi connectivity index (χ2v) is 8.68. The van der Waals surface area contributed by atoms with Crippen molar-refractivity contribution in [1.82, 2.24) is 9.62 Å². The van der Waals surface area contributed by atoms with Crippen LogP contribution in [0.15, 0.2) is 53.4 Å². The summed E-state index contributed by atoms with van der Waals surface area (Å²) < 4.78 is 69.7. The molecule has 10 heteroatoms. The minimum atomic E-state index is -4.39. The van der Waals surface area contributed by atoms with Crippen LogP contribution in [0.1, 0.15) is 21.5 Å². The molecule has 1 heterocycles. The Kier molecular flexibility index (Phi) is 6.79. The van der Waals surface area contributed by atoms with E-state index >= 15 is 0 Å². The number of halogens is 3. The lowest BCUT2D eigenvalue weighted by atomic mass is 10.1. The zero-order valence-corrected chi connectivity index (χ0v) is 16.8. The maximum atomic E-state index is 12.7. The molecule has 1 fully saturated rings. The molecule has 1 amide bonds. The van der Waals surface area contributed by atoms with Gasteiger partial charge in [0, 0.05) is 25.2 Å². The van der Waals surface area contributed by atoms with Crippen LogP contribution >= 0.6 is 0 Å². The standard InChI is InChI=1S/C20H21F3N2O4S/c21-20(22,23)17-6-4-15(5-7-17)8-9-24-19(26)16-2-1-3-18(14-16)30(27,28)25-10-12-29-13-11-25/h1-7,14H,8-13H2,(H,24,26). The number of hydrogen-bond acceptors (Lipinski definition) is 4. The van der Waals surface area contributed by atoms with Crippen LogP contribution in [0.25, 0.3) is 0 Å². The average Bonchev–Trinajstić information content (AvgIpc) is 2.74. The van der Waals surface area contributed by atoms with Crippen LogP contribution in [0.5, 0.6) is 0 Å². The third kappa shape index (κ3) is 5.38. The topological polar surface area (TPSA) is 75.7 Å². The highest BCUT2D eigenvalue weighted by Gasteiger charge is 2.30. The van der Waals surface area contributed by atoms with Crippen molar-refractivity contribution in [2.24, 2.45) is 0 Å². The van der Waals surface area contributed by atoms with Crippen LogP contribution in [-0.4, -0.2) is 51.5 Å². The molecule has 0 spiro atoms. The summed E-state index contributed by atoms with van der Waals surface area (Å²) in [5.41, 5.74) is 0.109. The van der Waals surface area contributed by atoms with Crippen LogP contribution in [-0.2, 0) is 27.4 Å². The molecular weight excluding hydrogens is 421 g/mol. The van der Waals surface area contributed by atoms with Crippen LogP contribution in [0, 0.1) is 0 Å². The van der Waals surface area contributed by atoms with Crippen LogP contribution in [0.3, 0.4) is 0 Å². The SMILES string of the molecule is O=C(NCCc1ccc(C(F)(F)F)cc1)c1cccc(S(=O)(=O)N2CCOCC2)c1. The molecule has 30 heavy (non-hydrogen) atoms. The monoisotopic (exact) mass is 442 g/mol. The van der Waals surface area contributed by atoms with Crippen molar-refractivity contribution in [2.75, 3.05) is 32.8 Å². The van der Waals surface area contributed by atoms with E-state index in [9.17, 15) is 26.4 Å². The van der Waals surface area contributed by atoms with E-state index < -0.39 is 27.7 Å². The van der Waals surface area contributed by atoms with Crippen molar-refractivity contribution in [1.29, 1.82) is 0 Å². The van der Waals surface area contributed by atoms with Gasteiger partial charge in [0.1, 0.15) is 0 Å². The summed E-state index contributed by atoms with van der Waals surface area (Å²) in [6, 6.07) is 10.5. The Morgan fingerprint density at radius 2 is 1.73 bits per heavy atom. The Morgan fingerprint density at radius 3 is 2.37 bits per heavy atom. The predicted octanol–water partition coefficient (Wildman–Crippen LogP) is 2.70. The zero-order valence-electron chi connectivity index (χ0n) is 16.0. The molecule has 1 aliphatic rings. The maximum absolute atomic E-state index is 12.7. The molecule has 6 nitrogen and oxygen atoms in total. The average molecular weight is 442 g/mol. The molecule has 0 saturated carbocycles. The molecule has 0 atom stereocenters. The molecule has 3 rings (SSSR count). The van der Waals surface area contributed by atoms with Gasteiger partial charge in [-0.1, -0.05) is 18.2 Å². The molecule has 1 N–H and O–H groups in total. The van der Waals surface area contributed by atoms with Gasteiger partial charge in [-0.3, -0.25) is 4.79 Å². The molecule has 162 valence electrons. The number of nitrogens with zero attached hydrogens (tertiary/aromatic N) is 1. The summed E-state index contributed by atoms with van der Waals surface area (Å²) >= 11 is 0. The lowest BCUT2D eigenvalue weighted by Crippen LogP contribution is -2.40. The normalized spacial score (nSPS) is 15.7. The number of ether oxygens (including phenoxy) is 1. The van der Waals surface area contributed by atoms with Crippen molar-refractivity contribution in [3.05, 3.63) is 65.2 Å². The number of alkyl halides is 3. The highest BCUT2D eigenvalue weighted by Crippen LogP contribution is 2.29. The summed E-state index contributed by atoms with van der Waals surface area (Å²) in [5, 5.41) is 2.66. The summed E-state index contributed by atoms with van der Waals surface area (Å²) in [6.45, 7) is 1.36. The fourth-order valence-electron chi connectivity index (χ4n) is 3.02. The van der Waals surface area contributed by atoms with Crippen LogP contribution in [0.4, 0.5) is 13.2 Å². The molecule has 1 saturated heterocycles. The molecule has 2 aromatic carbocycles. The van der Waals surface area contributed by atoms with Gasteiger partial charge < -0.3 is 10.1 Å². The number of hydrogen-bond donors (Lipinski definition) is 1. The van der Waals surface area contributed by atoms with E-state index in [1.807, 2.05) is 0 Å². The molecule has 2 aromatic rings. The van der Waals surface area contributed by atoms with Gasteiger partial charge >= 0.3 is 6.18 Å². The van der Waals surface area contributed by atoms with Crippen molar-refractivity contribution in [3.63, 3.8) is 0 Å². The lowest BCUT2D eigenvalue weighted by Gasteiger charge is -2.26. The van der Waals surface area contributed by atoms with Gasteiger partial charge in [0.25, 0.3) is 5.91 Å². The Hall–Kier alpha value is -2.43. The molecular formula is C20H21F3N2O4S. The molecule has 0 aromatic heterocycles. The summed E-state index contributed by atoms with van der Waals surface area (Å²) in [5.74, 6) is -0.457. The number of carbonyl (C=O) groups excluding carboxylic acids is 1. The fourth-order valence-corrected chi connectivity index (χ4v) is 4.47. The van der Waals surface area contributed by atoms with Crippen molar-refractivity contribution >= 4 is 15.9 Å². The minimum absolute atomic E-state index is 0.0276. The number of morpholine rings is 1. The van der Waals surface area contributed by atoms with Crippen LogP contribution in [0.2, 0.25) is 0 Å². The molecule has 0 aliphatic carbocycles. The minimum Gasteiger partial charge on any atom is -0.379 e. The highest BCUT2D eigenvalue weighted by molar-refractivity contribution is 7.89. The predicted molar refractivity (Wildman–Crippen MR) is 104 cm³/mol. The first-order valence-electron chi connectivity index (χ1n) is 9.30. The maximum Gasteiger partial charge on any atom is 0.416 e. The molecule has 0 unspecified atom stereocenters. The van der Waals surface area contributed by atoms with E-state index in [1.165, 1.54) is 40.7 Å². The number of amides is 1. The van der Waals surface area contributed by atoms with Crippen molar-refractivity contribution in [3.8, 4) is 0 Å². The molecule has 0 radical (unpaired) electrons. The largest absolute Gasteiger partial charge is 0.416 e. The van der Waals surface area contributed by atoms with Gasteiger partial charge in [-0.15, -0.1) is 0 Å². The van der Waals surface area contributed by atoms with E-state index in [4.69, 9.17) is 4.74 Å². The fraction of sp³-hybridized carbons (Fsp3) is 0.350. The first kappa shape index (κ1) is 22.3. The van der Waals surface area contributed by atoms with E-state index in [0.29, 0.717) is 25.2 Å². The van der Waals surface area contributed by atoms with Crippen LogP contribution < -0.4 is 5.32 Å². The second-order valence-electron chi connectivity index (χ2n) is 6.74. The van der Waals surface area contributed by atoms with E-state index in [2.05, 4.69) is 5.32 Å². The Labute approximate surface area is 172 Å². The number of benzene rings is 2. The van der Waals surface area contributed by atoms with Gasteiger partial charge in [-0.25, -0.2) is 8.42 Å². The number of nitrogens with one attached hydrogen (secondary N) is 1. The van der Waals surface area contributed by atoms with Crippen molar-refractivity contribution < 1.29 is 31.1 Å². The Morgan fingerprint density at radius 1 is 1.07 bits per heavy atom. The van der Waals surface area contributed by atoms with E-state index in [0.717, 1.165) is 12.1 Å². The Balaban J connectivity index is 1.60. The number of sulfonamides is 1. The third-order valence-corrected chi connectivity index (χ3v) is 6.58. The first-order chi connectivity index (χ1) is 14.2. The van der Waals surface area contributed by atoms with Crippen molar-refractivity contribution in [2.45, 2.75) is 17.5 Å². The summed E-state index contributed by atoms with van der Waals surface area (Å²) in [7, 11) is -3.72. The smallest absolute Gasteiger partial charge is 0.379 e. The first-order valence-corrected chi connectivity index (χ1v) is 10.7. The quantitative estimate of drug-likeness (QED) is 0.747. The van der Waals surface area contributed by atoms with Gasteiger partial charge in [0.05, 0.1) is 23.7 Å². The Bertz CT molecular complexity index is 986. The number of rotatable bonds is 6. The summed E-state index contributed by atoms with van der Waals surface area (Å²) in [4.78, 5) is 12.4. The van der Waals surface area contributed by atoms with Gasteiger partial charge in [-0.2, -0.15) is 17.5 Å². The van der Waals surface area contributed by atoms with E-state index in [1.54, 1.807) is 0 Å². The van der Waals surface area contributed by atoms with Gasteiger partial charge in [0.15, 0.2) is 0 Å². The molecule has 1 aliphatic heterocycles. The van der Waals surface area contributed by atoms with Gasteiger partial charge in [0.2, 0.25) is 10.0 Å². The number of carbonyl (C=O) groups is 1.